The summed E-state index contributed by atoms with van der Waals surface area (Å²) in [7, 11) is 0. The normalized spacial score (nSPS) is 19.9. The SMILES string of the molecule is CC(NC(=O)c1ccco1)C(=O)N1CCCCC1C(=O)O. The maximum absolute atomic E-state index is 12.3. The third kappa shape index (κ3) is 3.42. The lowest BCUT2D eigenvalue weighted by Crippen LogP contribution is -2.54. The summed E-state index contributed by atoms with van der Waals surface area (Å²) in [6, 6.07) is 1.46. The van der Waals surface area contributed by atoms with E-state index in [1.54, 1.807) is 6.07 Å². The van der Waals surface area contributed by atoms with Gasteiger partial charge >= 0.3 is 5.97 Å². The molecular weight excluding hydrogens is 276 g/mol. The Morgan fingerprint density at radius 3 is 2.81 bits per heavy atom. The van der Waals surface area contributed by atoms with E-state index in [9.17, 15) is 19.5 Å². The quantitative estimate of drug-likeness (QED) is 0.858. The minimum atomic E-state index is -1.01. The Morgan fingerprint density at radius 1 is 1.43 bits per heavy atom. The fourth-order valence-electron chi connectivity index (χ4n) is 2.44. The van der Waals surface area contributed by atoms with Gasteiger partial charge in [0.15, 0.2) is 5.76 Å². The van der Waals surface area contributed by atoms with Crippen molar-refractivity contribution in [2.45, 2.75) is 38.3 Å². The summed E-state index contributed by atoms with van der Waals surface area (Å²) in [6.07, 6.45) is 3.37. The summed E-state index contributed by atoms with van der Waals surface area (Å²) in [5.41, 5.74) is 0. The molecule has 2 N–H and O–H groups in total. The highest BCUT2D eigenvalue weighted by molar-refractivity contribution is 5.96. The van der Waals surface area contributed by atoms with Crippen LogP contribution in [0.25, 0.3) is 0 Å². The van der Waals surface area contributed by atoms with Crippen molar-refractivity contribution in [1.82, 2.24) is 10.2 Å². The van der Waals surface area contributed by atoms with E-state index in [2.05, 4.69) is 5.32 Å². The van der Waals surface area contributed by atoms with Crippen molar-refractivity contribution in [2.75, 3.05) is 6.54 Å². The van der Waals surface area contributed by atoms with Gasteiger partial charge in [0.25, 0.3) is 5.91 Å². The number of rotatable bonds is 4. The lowest BCUT2D eigenvalue weighted by molar-refractivity contribution is -0.152. The standard InChI is InChI=1S/C14H18N2O5/c1-9(15-12(17)11-6-4-8-21-11)13(18)16-7-3-2-5-10(16)14(19)20/h4,6,8-10H,2-3,5,7H2,1H3,(H,15,17)(H,19,20). The summed E-state index contributed by atoms with van der Waals surface area (Å²) < 4.78 is 4.95. The fraction of sp³-hybridized carbons (Fsp3) is 0.500. The van der Waals surface area contributed by atoms with Crippen LogP contribution in [-0.4, -0.2) is 46.4 Å². The Bertz CT molecular complexity index is 525. The molecule has 1 aromatic heterocycles. The number of furan rings is 1. The second-order valence-electron chi connectivity index (χ2n) is 5.05. The fourth-order valence-corrected chi connectivity index (χ4v) is 2.44. The summed E-state index contributed by atoms with van der Waals surface area (Å²) >= 11 is 0. The Labute approximate surface area is 121 Å². The lowest BCUT2D eigenvalue weighted by Gasteiger charge is -2.34. The third-order valence-electron chi connectivity index (χ3n) is 3.53. The molecule has 0 radical (unpaired) electrons. The zero-order chi connectivity index (χ0) is 15.4. The molecule has 2 atom stereocenters. The van der Waals surface area contributed by atoms with Crippen molar-refractivity contribution in [3.05, 3.63) is 24.2 Å². The molecule has 21 heavy (non-hydrogen) atoms. The number of nitrogens with zero attached hydrogens (tertiary/aromatic N) is 1. The van der Waals surface area contributed by atoms with E-state index in [0.717, 1.165) is 12.8 Å². The number of likely N-dealkylation sites (tertiary alicyclic amines) is 1. The van der Waals surface area contributed by atoms with Gasteiger partial charge in [-0.1, -0.05) is 0 Å². The number of piperidine rings is 1. The number of hydrogen-bond donors (Lipinski definition) is 2. The monoisotopic (exact) mass is 294 g/mol. The smallest absolute Gasteiger partial charge is 0.326 e. The highest BCUT2D eigenvalue weighted by Crippen LogP contribution is 2.18. The number of carbonyl (C=O) groups is 3. The van der Waals surface area contributed by atoms with Crippen LogP contribution in [0.3, 0.4) is 0 Å². The number of hydrogen-bond acceptors (Lipinski definition) is 4. The van der Waals surface area contributed by atoms with Gasteiger partial charge in [0.05, 0.1) is 6.26 Å². The van der Waals surface area contributed by atoms with Crippen molar-refractivity contribution in [3.63, 3.8) is 0 Å². The Hall–Kier alpha value is -2.31. The predicted molar refractivity (Wildman–Crippen MR) is 72.6 cm³/mol. The predicted octanol–water partition coefficient (Wildman–Crippen LogP) is 0.864. The van der Waals surface area contributed by atoms with Gasteiger partial charge < -0.3 is 19.7 Å². The van der Waals surface area contributed by atoms with Crippen molar-refractivity contribution in [3.8, 4) is 0 Å². The van der Waals surface area contributed by atoms with Crippen molar-refractivity contribution < 1.29 is 23.9 Å². The molecule has 1 fully saturated rings. The number of nitrogens with one attached hydrogen (secondary N) is 1. The molecule has 0 bridgehead atoms. The van der Waals surface area contributed by atoms with Gasteiger partial charge in [0, 0.05) is 6.54 Å². The molecule has 1 saturated heterocycles. The zero-order valence-corrected chi connectivity index (χ0v) is 11.7. The molecule has 7 nitrogen and oxygen atoms in total. The van der Waals surface area contributed by atoms with E-state index < -0.39 is 24.0 Å². The maximum Gasteiger partial charge on any atom is 0.326 e. The van der Waals surface area contributed by atoms with Gasteiger partial charge in [0.1, 0.15) is 12.1 Å². The number of carbonyl (C=O) groups excluding carboxylic acids is 2. The van der Waals surface area contributed by atoms with Gasteiger partial charge in [-0.2, -0.15) is 0 Å². The molecule has 0 aromatic carbocycles. The molecule has 0 spiro atoms. The maximum atomic E-state index is 12.3. The van der Waals surface area contributed by atoms with Crippen LogP contribution in [0.4, 0.5) is 0 Å². The zero-order valence-electron chi connectivity index (χ0n) is 11.7. The van der Waals surface area contributed by atoms with Crippen LogP contribution in [0.5, 0.6) is 0 Å². The van der Waals surface area contributed by atoms with E-state index in [-0.39, 0.29) is 11.7 Å². The van der Waals surface area contributed by atoms with Crippen LogP contribution in [0.2, 0.25) is 0 Å². The van der Waals surface area contributed by atoms with E-state index in [1.165, 1.54) is 24.2 Å². The van der Waals surface area contributed by atoms with Gasteiger partial charge in [-0.15, -0.1) is 0 Å². The lowest BCUT2D eigenvalue weighted by atomic mass is 10.0. The van der Waals surface area contributed by atoms with E-state index in [0.29, 0.717) is 13.0 Å². The van der Waals surface area contributed by atoms with E-state index in [4.69, 9.17) is 4.42 Å². The van der Waals surface area contributed by atoms with Crippen LogP contribution in [-0.2, 0) is 9.59 Å². The summed E-state index contributed by atoms with van der Waals surface area (Å²) in [5, 5.41) is 11.7. The summed E-state index contributed by atoms with van der Waals surface area (Å²) in [6.45, 7) is 1.94. The van der Waals surface area contributed by atoms with E-state index >= 15 is 0 Å². The molecule has 0 saturated carbocycles. The second kappa shape index (κ2) is 6.43. The molecular formula is C14H18N2O5. The molecule has 2 rings (SSSR count). The Balaban J connectivity index is 2.00. The molecule has 0 aliphatic carbocycles. The van der Waals surface area contributed by atoms with Crippen LogP contribution >= 0.6 is 0 Å². The first-order chi connectivity index (χ1) is 10.0. The van der Waals surface area contributed by atoms with Crippen LogP contribution < -0.4 is 5.32 Å². The molecule has 2 unspecified atom stereocenters. The molecule has 1 aliphatic heterocycles. The van der Waals surface area contributed by atoms with Gasteiger partial charge in [-0.25, -0.2) is 4.79 Å². The van der Waals surface area contributed by atoms with Gasteiger partial charge in [-0.05, 0) is 38.3 Å². The Kier molecular flexibility index (Phi) is 4.62. The topological polar surface area (TPSA) is 99.9 Å². The van der Waals surface area contributed by atoms with E-state index in [1.807, 2.05) is 0 Å². The van der Waals surface area contributed by atoms with Crippen molar-refractivity contribution in [1.29, 1.82) is 0 Å². The second-order valence-corrected chi connectivity index (χ2v) is 5.05. The highest BCUT2D eigenvalue weighted by Gasteiger charge is 2.34. The molecule has 7 heteroatoms. The Morgan fingerprint density at radius 2 is 2.19 bits per heavy atom. The molecule has 2 amide bonds. The van der Waals surface area contributed by atoms with Gasteiger partial charge in [-0.3, -0.25) is 9.59 Å². The molecule has 1 aliphatic rings. The number of carboxylic acid groups (broad SMARTS) is 1. The van der Waals surface area contributed by atoms with Crippen LogP contribution in [0.15, 0.2) is 22.8 Å². The number of aliphatic carboxylic acids is 1. The first-order valence-electron chi connectivity index (χ1n) is 6.88. The van der Waals surface area contributed by atoms with Crippen molar-refractivity contribution >= 4 is 17.8 Å². The minimum absolute atomic E-state index is 0.114. The first-order valence-corrected chi connectivity index (χ1v) is 6.88. The largest absolute Gasteiger partial charge is 0.480 e. The molecule has 2 heterocycles. The summed E-state index contributed by atoms with van der Waals surface area (Å²) in [4.78, 5) is 36.7. The van der Waals surface area contributed by atoms with Crippen molar-refractivity contribution in [2.24, 2.45) is 0 Å². The average Bonchev–Trinajstić information content (AvgIpc) is 3.00. The first kappa shape index (κ1) is 15.1. The van der Waals surface area contributed by atoms with Gasteiger partial charge in [0.2, 0.25) is 5.91 Å². The molecule has 114 valence electrons. The minimum Gasteiger partial charge on any atom is -0.480 e. The van der Waals surface area contributed by atoms with Crippen LogP contribution in [0, 0.1) is 0 Å². The van der Waals surface area contributed by atoms with Crippen LogP contribution in [0.1, 0.15) is 36.7 Å². The highest BCUT2D eigenvalue weighted by atomic mass is 16.4. The third-order valence-corrected chi connectivity index (χ3v) is 3.53. The average molecular weight is 294 g/mol. The number of carboxylic acids is 1. The summed E-state index contributed by atoms with van der Waals surface area (Å²) in [5.74, 6) is -1.78. The molecule has 1 aromatic rings. The number of amides is 2.